The zero-order valence-corrected chi connectivity index (χ0v) is 14.0. The molecule has 0 radical (unpaired) electrons. The van der Waals surface area contributed by atoms with Crippen molar-refractivity contribution in [2.75, 3.05) is 29.9 Å². The highest BCUT2D eigenvalue weighted by molar-refractivity contribution is 5.95. The molecule has 0 saturated heterocycles. The predicted octanol–water partition coefficient (Wildman–Crippen LogP) is 3.75. The van der Waals surface area contributed by atoms with E-state index in [0.29, 0.717) is 42.3 Å². The summed E-state index contributed by atoms with van der Waals surface area (Å²) in [5, 5.41) is 2.80. The summed E-state index contributed by atoms with van der Waals surface area (Å²) in [5.41, 5.74) is 1.50. The lowest BCUT2D eigenvalue weighted by atomic mass is 10.0. The molecule has 132 valence electrons. The topological polar surface area (TPSA) is 41.6 Å². The monoisotopic (exact) mass is 346 g/mol. The van der Waals surface area contributed by atoms with Crippen LogP contribution in [0.1, 0.15) is 18.9 Å². The van der Waals surface area contributed by atoms with Gasteiger partial charge in [0.2, 0.25) is 5.91 Å². The zero-order valence-electron chi connectivity index (χ0n) is 14.0. The van der Waals surface area contributed by atoms with Crippen molar-refractivity contribution in [1.29, 1.82) is 0 Å². The van der Waals surface area contributed by atoms with Crippen LogP contribution in [0.5, 0.6) is 5.75 Å². The lowest BCUT2D eigenvalue weighted by Gasteiger charge is -2.31. The number of carbonyl (C=O) groups excluding carboxylic acids is 1. The first-order valence-electron chi connectivity index (χ1n) is 8.33. The van der Waals surface area contributed by atoms with Gasteiger partial charge < -0.3 is 15.0 Å². The van der Waals surface area contributed by atoms with E-state index in [9.17, 15) is 13.6 Å². The van der Waals surface area contributed by atoms with Gasteiger partial charge in [0.1, 0.15) is 17.4 Å². The molecule has 0 spiro atoms. The molecule has 0 saturated carbocycles. The Morgan fingerprint density at radius 3 is 2.88 bits per heavy atom. The minimum Gasteiger partial charge on any atom is -0.492 e. The molecule has 6 heteroatoms. The van der Waals surface area contributed by atoms with Gasteiger partial charge in [-0.1, -0.05) is 12.1 Å². The highest BCUT2D eigenvalue weighted by Crippen LogP contribution is 2.31. The van der Waals surface area contributed by atoms with Crippen LogP contribution in [0.15, 0.2) is 36.4 Å². The number of amides is 1. The molecule has 3 rings (SSSR count). The van der Waals surface area contributed by atoms with E-state index in [1.807, 2.05) is 13.0 Å². The van der Waals surface area contributed by atoms with Crippen molar-refractivity contribution in [3.05, 3.63) is 53.6 Å². The molecule has 0 aromatic heterocycles. The standard InChI is InChI=1S/C19H20F2N2O2/c1-2-25-17-8-4-3-7-16(17)22-18(24)12-23-9-5-6-13-10-14(20)11-15(21)19(13)23/h3-4,7-8,10-11H,2,5-6,9,12H2,1H3,(H,22,24). The highest BCUT2D eigenvalue weighted by atomic mass is 19.1. The van der Waals surface area contributed by atoms with Crippen LogP contribution < -0.4 is 15.0 Å². The molecule has 1 aliphatic rings. The van der Waals surface area contributed by atoms with Crippen molar-refractivity contribution < 1.29 is 18.3 Å². The van der Waals surface area contributed by atoms with Crippen molar-refractivity contribution in [1.82, 2.24) is 0 Å². The summed E-state index contributed by atoms with van der Waals surface area (Å²) in [6.07, 6.45) is 1.36. The fourth-order valence-corrected chi connectivity index (χ4v) is 3.11. The molecule has 1 amide bonds. The Labute approximate surface area is 145 Å². The third kappa shape index (κ3) is 3.90. The number of rotatable bonds is 5. The van der Waals surface area contributed by atoms with Crippen molar-refractivity contribution in [3.8, 4) is 5.75 Å². The number of fused-ring (bicyclic) bond motifs is 1. The SMILES string of the molecule is CCOc1ccccc1NC(=O)CN1CCCc2cc(F)cc(F)c21. The molecular weight excluding hydrogens is 326 g/mol. The number of para-hydroxylation sites is 2. The largest absolute Gasteiger partial charge is 0.492 e. The van der Waals surface area contributed by atoms with Crippen LogP contribution in [0, 0.1) is 11.6 Å². The number of nitrogens with one attached hydrogen (secondary N) is 1. The van der Waals surface area contributed by atoms with Crippen LogP contribution in [0.4, 0.5) is 20.2 Å². The molecule has 0 fully saturated rings. The highest BCUT2D eigenvalue weighted by Gasteiger charge is 2.24. The fourth-order valence-electron chi connectivity index (χ4n) is 3.11. The van der Waals surface area contributed by atoms with E-state index < -0.39 is 11.6 Å². The maximum atomic E-state index is 14.2. The van der Waals surface area contributed by atoms with Gasteiger partial charge in [0, 0.05) is 12.6 Å². The smallest absolute Gasteiger partial charge is 0.243 e. The van der Waals surface area contributed by atoms with E-state index in [2.05, 4.69) is 5.32 Å². The number of ether oxygens (including phenoxy) is 1. The van der Waals surface area contributed by atoms with Gasteiger partial charge in [0.15, 0.2) is 0 Å². The molecular formula is C19H20F2N2O2. The summed E-state index contributed by atoms with van der Waals surface area (Å²) < 4.78 is 33.1. The molecule has 0 atom stereocenters. The van der Waals surface area contributed by atoms with E-state index >= 15 is 0 Å². The molecule has 1 N–H and O–H groups in total. The Bertz CT molecular complexity index is 780. The second-order valence-corrected chi connectivity index (χ2v) is 5.90. The number of benzene rings is 2. The van der Waals surface area contributed by atoms with Crippen LogP contribution in [-0.2, 0) is 11.2 Å². The van der Waals surface area contributed by atoms with Gasteiger partial charge in [-0.3, -0.25) is 4.79 Å². The average Bonchev–Trinajstić information content (AvgIpc) is 2.56. The van der Waals surface area contributed by atoms with Gasteiger partial charge in [0.05, 0.1) is 24.5 Å². The Kier molecular flexibility index (Phi) is 5.16. The number of hydrogen-bond donors (Lipinski definition) is 1. The fraction of sp³-hybridized carbons (Fsp3) is 0.316. The summed E-state index contributed by atoms with van der Waals surface area (Å²) in [6.45, 7) is 2.90. The molecule has 1 aliphatic heterocycles. The van der Waals surface area contributed by atoms with Gasteiger partial charge in [-0.25, -0.2) is 8.78 Å². The number of hydrogen-bond acceptors (Lipinski definition) is 3. The van der Waals surface area contributed by atoms with Crippen molar-refractivity contribution in [2.24, 2.45) is 0 Å². The predicted molar refractivity (Wildman–Crippen MR) is 93.1 cm³/mol. The molecule has 0 bridgehead atoms. The van der Waals surface area contributed by atoms with Gasteiger partial charge in [-0.05, 0) is 43.5 Å². The van der Waals surface area contributed by atoms with Crippen molar-refractivity contribution >= 4 is 17.3 Å². The molecule has 25 heavy (non-hydrogen) atoms. The Hall–Kier alpha value is -2.63. The molecule has 4 nitrogen and oxygen atoms in total. The first-order chi connectivity index (χ1) is 12.1. The quantitative estimate of drug-likeness (QED) is 0.896. The third-order valence-corrected chi connectivity index (χ3v) is 4.09. The lowest BCUT2D eigenvalue weighted by molar-refractivity contribution is -0.115. The molecule has 2 aromatic carbocycles. The van der Waals surface area contributed by atoms with E-state index in [0.717, 1.165) is 12.5 Å². The second kappa shape index (κ2) is 7.51. The van der Waals surface area contributed by atoms with Crippen molar-refractivity contribution in [3.63, 3.8) is 0 Å². The molecule has 0 aliphatic carbocycles. The number of carbonyl (C=O) groups is 1. The second-order valence-electron chi connectivity index (χ2n) is 5.90. The first kappa shape index (κ1) is 17.2. The number of nitrogens with zero attached hydrogens (tertiary/aromatic N) is 1. The Morgan fingerprint density at radius 2 is 2.08 bits per heavy atom. The number of anilines is 2. The van der Waals surface area contributed by atoms with Crippen LogP contribution in [0.2, 0.25) is 0 Å². The zero-order chi connectivity index (χ0) is 17.8. The van der Waals surface area contributed by atoms with Crippen LogP contribution in [0.3, 0.4) is 0 Å². The number of halogens is 2. The molecule has 2 aromatic rings. The normalized spacial score (nSPS) is 13.3. The van der Waals surface area contributed by atoms with Crippen LogP contribution in [0.25, 0.3) is 0 Å². The maximum absolute atomic E-state index is 14.2. The van der Waals surface area contributed by atoms with Crippen LogP contribution >= 0.6 is 0 Å². The third-order valence-electron chi connectivity index (χ3n) is 4.09. The Morgan fingerprint density at radius 1 is 1.28 bits per heavy atom. The molecule has 1 heterocycles. The lowest BCUT2D eigenvalue weighted by Crippen LogP contribution is -2.37. The van der Waals surface area contributed by atoms with E-state index in [1.165, 1.54) is 6.07 Å². The minimum atomic E-state index is -0.628. The summed E-state index contributed by atoms with van der Waals surface area (Å²) >= 11 is 0. The van der Waals surface area contributed by atoms with Crippen molar-refractivity contribution in [2.45, 2.75) is 19.8 Å². The summed E-state index contributed by atoms with van der Waals surface area (Å²) in [5.74, 6) is -0.903. The average molecular weight is 346 g/mol. The van der Waals surface area contributed by atoms with Gasteiger partial charge in [-0.15, -0.1) is 0 Å². The summed E-state index contributed by atoms with van der Waals surface area (Å²) in [6, 6.07) is 9.36. The van der Waals surface area contributed by atoms with E-state index in [-0.39, 0.29) is 12.5 Å². The van der Waals surface area contributed by atoms with Crippen LogP contribution in [-0.4, -0.2) is 25.6 Å². The molecule has 0 unspecified atom stereocenters. The number of aryl methyl sites for hydroxylation is 1. The minimum absolute atomic E-state index is 0.00396. The van der Waals surface area contributed by atoms with E-state index in [4.69, 9.17) is 4.74 Å². The van der Waals surface area contributed by atoms with Gasteiger partial charge >= 0.3 is 0 Å². The van der Waals surface area contributed by atoms with E-state index in [1.54, 1.807) is 23.1 Å². The van der Waals surface area contributed by atoms with Gasteiger partial charge in [0.25, 0.3) is 0 Å². The summed E-state index contributed by atoms with van der Waals surface area (Å²) in [4.78, 5) is 14.1. The Balaban J connectivity index is 1.75. The van der Waals surface area contributed by atoms with Gasteiger partial charge in [-0.2, -0.15) is 0 Å². The summed E-state index contributed by atoms with van der Waals surface area (Å²) in [7, 11) is 0. The first-order valence-corrected chi connectivity index (χ1v) is 8.33. The maximum Gasteiger partial charge on any atom is 0.243 e.